The number of nitrogens with two attached hydrogens (primary N) is 1. The molecule has 0 aliphatic heterocycles. The largest absolute Gasteiger partial charge is 0.370 e. The van der Waals surface area contributed by atoms with Gasteiger partial charge in [0.05, 0.1) is 5.25 Å². The van der Waals surface area contributed by atoms with Crippen molar-refractivity contribution in [2.75, 3.05) is 6.54 Å². The van der Waals surface area contributed by atoms with Gasteiger partial charge in [0.1, 0.15) is 5.82 Å². The van der Waals surface area contributed by atoms with E-state index in [-0.39, 0.29) is 23.5 Å². The smallest absolute Gasteiger partial charge is 0.233 e. The fourth-order valence-corrected chi connectivity index (χ4v) is 2.90. The van der Waals surface area contributed by atoms with Gasteiger partial charge in [0, 0.05) is 25.4 Å². The topological polar surface area (TPSA) is 103 Å². The van der Waals surface area contributed by atoms with Crippen molar-refractivity contribution in [1.82, 2.24) is 20.1 Å². The molecule has 22 heavy (non-hydrogen) atoms. The Bertz CT molecular complexity index is 568. The van der Waals surface area contributed by atoms with E-state index in [1.807, 2.05) is 11.5 Å². The van der Waals surface area contributed by atoms with Crippen molar-refractivity contribution in [3.63, 3.8) is 0 Å². The number of hydrogen-bond acceptors (Lipinski definition) is 5. The van der Waals surface area contributed by atoms with E-state index in [1.165, 1.54) is 11.8 Å². The third kappa shape index (κ3) is 4.33. The van der Waals surface area contributed by atoms with Crippen LogP contribution in [0.4, 0.5) is 0 Å². The number of amides is 2. The average molecular weight is 323 g/mol. The second-order valence-corrected chi connectivity index (χ2v) is 6.58. The van der Waals surface area contributed by atoms with Gasteiger partial charge >= 0.3 is 0 Å². The van der Waals surface area contributed by atoms with E-state index >= 15 is 0 Å². The molecule has 2 rings (SSSR count). The zero-order chi connectivity index (χ0) is 16.1. The van der Waals surface area contributed by atoms with Gasteiger partial charge in [-0.25, -0.2) is 0 Å². The lowest BCUT2D eigenvalue weighted by Crippen LogP contribution is -2.31. The van der Waals surface area contributed by atoms with Crippen LogP contribution >= 0.6 is 11.8 Å². The zero-order valence-corrected chi connectivity index (χ0v) is 13.4. The van der Waals surface area contributed by atoms with Crippen molar-refractivity contribution in [2.45, 2.75) is 49.1 Å². The molecule has 0 saturated heterocycles. The Morgan fingerprint density at radius 1 is 1.55 bits per heavy atom. The molecule has 120 valence electrons. The molecule has 3 N–H and O–H groups in total. The lowest BCUT2D eigenvalue weighted by atomic mass is 10.3. The summed E-state index contributed by atoms with van der Waals surface area (Å²) in [4.78, 5) is 23.0. The highest BCUT2D eigenvalue weighted by molar-refractivity contribution is 8.00. The minimum atomic E-state index is -0.358. The maximum atomic E-state index is 11.9. The summed E-state index contributed by atoms with van der Waals surface area (Å²) >= 11 is 1.34. The van der Waals surface area contributed by atoms with Crippen molar-refractivity contribution in [2.24, 2.45) is 5.73 Å². The summed E-state index contributed by atoms with van der Waals surface area (Å²) in [6.45, 7) is 6.27. The van der Waals surface area contributed by atoms with E-state index in [4.69, 9.17) is 5.73 Å². The maximum absolute atomic E-state index is 11.9. The molecule has 1 aliphatic carbocycles. The first kappa shape index (κ1) is 16.5. The molecule has 8 heteroatoms. The summed E-state index contributed by atoms with van der Waals surface area (Å²) in [6, 6.07) is 0. The number of thioether (sulfide) groups is 1. The van der Waals surface area contributed by atoms with E-state index in [0.717, 1.165) is 18.7 Å². The molecule has 1 unspecified atom stereocenters. The summed E-state index contributed by atoms with van der Waals surface area (Å²) < 4.78 is 1.92. The lowest BCUT2D eigenvalue weighted by molar-refractivity contribution is -0.120. The average Bonchev–Trinajstić information content (AvgIpc) is 3.25. The van der Waals surface area contributed by atoms with Crippen LogP contribution in [0.5, 0.6) is 0 Å². The second kappa shape index (κ2) is 7.44. The Morgan fingerprint density at radius 3 is 2.86 bits per heavy atom. The van der Waals surface area contributed by atoms with E-state index in [0.29, 0.717) is 24.2 Å². The van der Waals surface area contributed by atoms with Crippen molar-refractivity contribution in [1.29, 1.82) is 0 Å². The molecule has 0 aromatic carbocycles. The van der Waals surface area contributed by atoms with Gasteiger partial charge in [-0.2, -0.15) is 0 Å². The van der Waals surface area contributed by atoms with E-state index < -0.39 is 0 Å². The SMILES string of the molecule is C=CCNC(=O)C(C)Sc1nnc(C2CC2)n1CCC(N)=O. The van der Waals surface area contributed by atoms with Gasteiger partial charge < -0.3 is 15.6 Å². The molecule has 1 aromatic rings. The molecule has 1 saturated carbocycles. The standard InChI is InChI=1S/C14H21N5O2S/c1-3-7-16-13(21)9(2)22-14-18-17-12(10-4-5-10)19(14)8-6-11(15)20/h3,9-10H,1,4-8H2,2H3,(H2,15,20)(H,16,21). The van der Waals surface area contributed by atoms with Gasteiger partial charge in [-0.1, -0.05) is 17.8 Å². The van der Waals surface area contributed by atoms with Gasteiger partial charge in [-0.15, -0.1) is 16.8 Å². The van der Waals surface area contributed by atoms with Crippen LogP contribution in [0.1, 0.15) is 37.9 Å². The van der Waals surface area contributed by atoms with Crippen LogP contribution in [0.3, 0.4) is 0 Å². The minimum absolute atomic E-state index is 0.0812. The van der Waals surface area contributed by atoms with Gasteiger partial charge in [0.15, 0.2) is 5.16 Å². The van der Waals surface area contributed by atoms with Crippen LogP contribution in [-0.4, -0.2) is 38.4 Å². The third-order valence-corrected chi connectivity index (χ3v) is 4.42. The van der Waals surface area contributed by atoms with Crippen LogP contribution in [0.25, 0.3) is 0 Å². The molecule has 0 radical (unpaired) electrons. The zero-order valence-electron chi connectivity index (χ0n) is 12.6. The predicted octanol–water partition coefficient (Wildman–Crippen LogP) is 0.814. The van der Waals surface area contributed by atoms with Crippen molar-refractivity contribution in [3.05, 3.63) is 18.5 Å². The Hall–Kier alpha value is -1.83. The van der Waals surface area contributed by atoms with Crippen molar-refractivity contribution < 1.29 is 9.59 Å². The number of hydrogen-bond donors (Lipinski definition) is 2. The Balaban J connectivity index is 2.07. The highest BCUT2D eigenvalue weighted by Gasteiger charge is 2.31. The molecule has 1 aromatic heterocycles. The fourth-order valence-electron chi connectivity index (χ4n) is 1.99. The number of rotatable bonds is 9. The van der Waals surface area contributed by atoms with Crippen LogP contribution < -0.4 is 11.1 Å². The highest BCUT2D eigenvalue weighted by atomic mass is 32.2. The molecule has 1 aliphatic rings. The summed E-state index contributed by atoms with van der Waals surface area (Å²) in [5, 5.41) is 11.5. The fraction of sp³-hybridized carbons (Fsp3) is 0.571. The second-order valence-electron chi connectivity index (χ2n) is 5.28. The monoisotopic (exact) mass is 323 g/mol. The van der Waals surface area contributed by atoms with E-state index in [9.17, 15) is 9.59 Å². The normalized spacial score (nSPS) is 15.3. The lowest BCUT2D eigenvalue weighted by Gasteiger charge is -2.12. The molecule has 7 nitrogen and oxygen atoms in total. The predicted molar refractivity (Wildman–Crippen MR) is 84.3 cm³/mol. The van der Waals surface area contributed by atoms with Gasteiger partial charge in [-0.05, 0) is 19.8 Å². The van der Waals surface area contributed by atoms with Gasteiger partial charge in [0.25, 0.3) is 0 Å². The van der Waals surface area contributed by atoms with Crippen LogP contribution in [-0.2, 0) is 16.1 Å². The Labute approximate surface area is 133 Å². The summed E-state index contributed by atoms with van der Waals surface area (Å²) in [5.41, 5.74) is 5.23. The molecule has 1 fully saturated rings. The molecule has 1 heterocycles. The van der Waals surface area contributed by atoms with Crippen LogP contribution in [0.2, 0.25) is 0 Å². The molecular weight excluding hydrogens is 302 g/mol. The first-order chi connectivity index (χ1) is 10.5. The molecule has 2 amide bonds. The van der Waals surface area contributed by atoms with Gasteiger partial charge in [0.2, 0.25) is 11.8 Å². The highest BCUT2D eigenvalue weighted by Crippen LogP contribution is 2.40. The van der Waals surface area contributed by atoms with Gasteiger partial charge in [-0.3, -0.25) is 9.59 Å². The number of nitrogens with one attached hydrogen (secondary N) is 1. The van der Waals surface area contributed by atoms with Crippen LogP contribution in [0, 0.1) is 0 Å². The quantitative estimate of drug-likeness (QED) is 0.517. The first-order valence-electron chi connectivity index (χ1n) is 7.29. The Kier molecular flexibility index (Phi) is 5.59. The summed E-state index contributed by atoms with van der Waals surface area (Å²) in [5.74, 6) is 0.868. The molecule has 0 bridgehead atoms. The van der Waals surface area contributed by atoms with Crippen molar-refractivity contribution in [3.8, 4) is 0 Å². The summed E-state index contributed by atoms with van der Waals surface area (Å²) in [6.07, 6.45) is 4.06. The summed E-state index contributed by atoms with van der Waals surface area (Å²) in [7, 11) is 0. The number of nitrogens with zero attached hydrogens (tertiary/aromatic N) is 3. The molecule has 1 atom stereocenters. The maximum Gasteiger partial charge on any atom is 0.233 e. The first-order valence-corrected chi connectivity index (χ1v) is 8.17. The third-order valence-electron chi connectivity index (χ3n) is 3.34. The minimum Gasteiger partial charge on any atom is -0.370 e. The van der Waals surface area contributed by atoms with E-state index in [2.05, 4.69) is 22.1 Å². The number of carbonyl (C=O) groups excluding carboxylic acids is 2. The van der Waals surface area contributed by atoms with Crippen molar-refractivity contribution >= 4 is 23.6 Å². The number of primary amides is 1. The number of carbonyl (C=O) groups is 2. The molecule has 0 spiro atoms. The van der Waals surface area contributed by atoms with E-state index in [1.54, 1.807) is 6.08 Å². The Morgan fingerprint density at radius 2 is 2.27 bits per heavy atom. The van der Waals surface area contributed by atoms with Crippen LogP contribution in [0.15, 0.2) is 17.8 Å². The number of aromatic nitrogens is 3. The molecular formula is C14H21N5O2S.